The molecule has 0 aliphatic rings. The monoisotopic (exact) mass is 110 g/mol. The summed E-state index contributed by atoms with van der Waals surface area (Å²) in [4.78, 5) is 0. The van der Waals surface area contributed by atoms with E-state index >= 15 is 0 Å². The molecule has 0 unspecified atom stereocenters. The summed E-state index contributed by atoms with van der Waals surface area (Å²) >= 11 is 0. The lowest BCUT2D eigenvalue weighted by molar-refractivity contribution is 0.769. The number of rotatable bonds is 2. The Bertz CT molecular complexity index is 96.6. The molecule has 0 saturated heterocycles. The second kappa shape index (κ2) is 3.48. The molecule has 0 spiro atoms. The zero-order chi connectivity index (χ0) is 6.57. The summed E-state index contributed by atoms with van der Waals surface area (Å²) < 4.78 is 0. The lowest BCUT2D eigenvalue weighted by Crippen LogP contribution is -1.86. The Balaban J connectivity index is 3.78. The van der Waals surface area contributed by atoms with Crippen molar-refractivity contribution in [3.05, 3.63) is 24.3 Å². The van der Waals surface area contributed by atoms with Gasteiger partial charge in [-0.05, 0) is 12.8 Å². The number of hydrogen-bond acceptors (Lipinski definition) is 0. The second-order valence-corrected chi connectivity index (χ2v) is 2.30. The average Bonchev–Trinajstić information content (AvgIpc) is 1.67. The third kappa shape index (κ3) is 2.62. The molecule has 0 fully saturated rings. The first-order chi connectivity index (χ1) is 3.68. The van der Waals surface area contributed by atoms with E-state index in [1.807, 2.05) is 12.2 Å². The maximum absolute atomic E-state index is 3.61. The first-order valence-corrected chi connectivity index (χ1v) is 2.97. The molecule has 0 aromatic heterocycles. The summed E-state index contributed by atoms with van der Waals surface area (Å²) in [6.45, 7) is 10.1. The molecule has 0 atom stereocenters. The van der Waals surface area contributed by atoms with Crippen molar-refractivity contribution in [1.29, 1.82) is 0 Å². The Kier molecular flexibility index (Phi) is 3.25. The lowest BCUT2D eigenvalue weighted by atomic mass is 10.1. The van der Waals surface area contributed by atoms with Gasteiger partial charge in [0.05, 0.1) is 0 Å². The Morgan fingerprint density at radius 3 is 2.12 bits per heavy atom. The zero-order valence-corrected chi connectivity index (χ0v) is 5.94. The fourth-order valence-electron chi connectivity index (χ4n) is 0.378. The van der Waals surface area contributed by atoms with Crippen molar-refractivity contribution >= 4 is 0 Å². The van der Waals surface area contributed by atoms with Crippen LogP contribution in [-0.4, -0.2) is 0 Å². The van der Waals surface area contributed by atoms with Crippen LogP contribution in [0.25, 0.3) is 0 Å². The van der Waals surface area contributed by atoms with Crippen molar-refractivity contribution in [2.45, 2.75) is 20.8 Å². The summed E-state index contributed by atoms with van der Waals surface area (Å²) in [6.07, 6.45) is 3.88. The fourth-order valence-corrected chi connectivity index (χ4v) is 0.378. The van der Waals surface area contributed by atoms with Gasteiger partial charge >= 0.3 is 0 Å². The maximum Gasteiger partial charge on any atom is -0.0260 e. The molecular formula is C8H14. The van der Waals surface area contributed by atoms with E-state index in [1.54, 1.807) is 0 Å². The van der Waals surface area contributed by atoms with Crippen LogP contribution in [0, 0.1) is 5.92 Å². The van der Waals surface area contributed by atoms with E-state index in [4.69, 9.17) is 0 Å². The zero-order valence-electron chi connectivity index (χ0n) is 5.94. The first-order valence-electron chi connectivity index (χ1n) is 2.97. The quantitative estimate of drug-likeness (QED) is 0.479. The molecule has 46 valence electrons. The van der Waals surface area contributed by atoms with E-state index in [0.717, 1.165) is 0 Å². The van der Waals surface area contributed by atoms with Gasteiger partial charge in [0, 0.05) is 0 Å². The molecule has 0 radical (unpaired) electrons. The molecular weight excluding hydrogens is 96.1 g/mol. The van der Waals surface area contributed by atoms with E-state index in [-0.39, 0.29) is 0 Å². The van der Waals surface area contributed by atoms with Crippen LogP contribution in [0.3, 0.4) is 0 Å². The summed E-state index contributed by atoms with van der Waals surface area (Å²) in [6, 6.07) is 0. The van der Waals surface area contributed by atoms with Crippen LogP contribution in [0.5, 0.6) is 0 Å². The van der Waals surface area contributed by atoms with E-state index in [1.165, 1.54) is 5.57 Å². The van der Waals surface area contributed by atoms with Crippen LogP contribution in [-0.2, 0) is 0 Å². The van der Waals surface area contributed by atoms with E-state index in [2.05, 4.69) is 27.4 Å². The second-order valence-electron chi connectivity index (χ2n) is 2.30. The highest BCUT2D eigenvalue weighted by molar-refractivity contribution is 5.09. The van der Waals surface area contributed by atoms with Crippen LogP contribution in [0.2, 0.25) is 0 Å². The molecule has 0 amide bonds. The summed E-state index contributed by atoms with van der Waals surface area (Å²) in [5.41, 5.74) is 1.39. The van der Waals surface area contributed by atoms with Crippen LogP contribution < -0.4 is 0 Å². The third-order valence-corrected chi connectivity index (χ3v) is 1.29. The SMILES string of the molecule is C=C/C=C(/C)C(C)C. The molecule has 0 aromatic carbocycles. The van der Waals surface area contributed by atoms with Crippen LogP contribution in [0.4, 0.5) is 0 Å². The molecule has 0 aliphatic heterocycles. The van der Waals surface area contributed by atoms with Gasteiger partial charge in [0.25, 0.3) is 0 Å². The summed E-state index contributed by atoms with van der Waals surface area (Å²) in [5, 5.41) is 0. The molecule has 0 bridgehead atoms. The maximum atomic E-state index is 3.61. The van der Waals surface area contributed by atoms with Crippen molar-refractivity contribution in [3.8, 4) is 0 Å². The van der Waals surface area contributed by atoms with Gasteiger partial charge in [0.1, 0.15) is 0 Å². The highest BCUT2D eigenvalue weighted by Gasteiger charge is 1.91. The predicted molar refractivity (Wildman–Crippen MR) is 38.8 cm³/mol. The van der Waals surface area contributed by atoms with Crippen molar-refractivity contribution in [1.82, 2.24) is 0 Å². The standard InChI is InChI=1S/C8H14/c1-5-6-8(4)7(2)3/h5-7H,1H2,2-4H3/b8-6-. The van der Waals surface area contributed by atoms with E-state index < -0.39 is 0 Å². The molecule has 8 heavy (non-hydrogen) atoms. The van der Waals surface area contributed by atoms with Gasteiger partial charge in [-0.2, -0.15) is 0 Å². The van der Waals surface area contributed by atoms with E-state index in [9.17, 15) is 0 Å². The highest BCUT2D eigenvalue weighted by atomic mass is 14.0. The Labute approximate surface area is 51.9 Å². The highest BCUT2D eigenvalue weighted by Crippen LogP contribution is 2.06. The van der Waals surface area contributed by atoms with E-state index in [0.29, 0.717) is 5.92 Å². The Morgan fingerprint density at radius 2 is 2.00 bits per heavy atom. The van der Waals surface area contributed by atoms with Crippen molar-refractivity contribution in [2.75, 3.05) is 0 Å². The van der Waals surface area contributed by atoms with Crippen LogP contribution >= 0.6 is 0 Å². The topological polar surface area (TPSA) is 0 Å². The lowest BCUT2D eigenvalue weighted by Gasteiger charge is -2.00. The van der Waals surface area contributed by atoms with Crippen molar-refractivity contribution in [2.24, 2.45) is 5.92 Å². The minimum Gasteiger partial charge on any atom is -0.0991 e. The smallest absolute Gasteiger partial charge is 0.0260 e. The van der Waals surface area contributed by atoms with Crippen LogP contribution in [0.1, 0.15) is 20.8 Å². The van der Waals surface area contributed by atoms with Gasteiger partial charge in [-0.15, -0.1) is 0 Å². The van der Waals surface area contributed by atoms with Gasteiger partial charge in [0.15, 0.2) is 0 Å². The Morgan fingerprint density at radius 1 is 1.50 bits per heavy atom. The van der Waals surface area contributed by atoms with Crippen molar-refractivity contribution in [3.63, 3.8) is 0 Å². The predicted octanol–water partition coefficient (Wildman–Crippen LogP) is 2.77. The fraction of sp³-hybridized carbons (Fsp3) is 0.500. The molecule has 0 nitrogen and oxygen atoms in total. The number of hydrogen-bond donors (Lipinski definition) is 0. The van der Waals surface area contributed by atoms with Gasteiger partial charge in [-0.1, -0.05) is 38.2 Å². The molecule has 0 aromatic rings. The molecule has 0 heterocycles. The molecule has 0 heteroatoms. The molecule has 0 aliphatic carbocycles. The summed E-state index contributed by atoms with van der Waals surface area (Å²) in [7, 11) is 0. The number of allylic oxidation sites excluding steroid dienone is 3. The first kappa shape index (κ1) is 7.48. The van der Waals surface area contributed by atoms with Gasteiger partial charge in [0.2, 0.25) is 0 Å². The minimum absolute atomic E-state index is 0.660. The third-order valence-electron chi connectivity index (χ3n) is 1.29. The summed E-state index contributed by atoms with van der Waals surface area (Å²) in [5.74, 6) is 0.660. The molecule has 0 rings (SSSR count). The van der Waals surface area contributed by atoms with Gasteiger partial charge in [-0.25, -0.2) is 0 Å². The molecule has 0 saturated carbocycles. The minimum atomic E-state index is 0.660. The van der Waals surface area contributed by atoms with Crippen LogP contribution in [0.15, 0.2) is 24.3 Å². The largest absolute Gasteiger partial charge is 0.0991 e. The van der Waals surface area contributed by atoms with Crippen molar-refractivity contribution < 1.29 is 0 Å². The normalized spacial score (nSPS) is 12.2. The molecule has 0 N–H and O–H groups in total. The average molecular weight is 110 g/mol. The van der Waals surface area contributed by atoms with Gasteiger partial charge in [-0.3, -0.25) is 0 Å². The van der Waals surface area contributed by atoms with Gasteiger partial charge < -0.3 is 0 Å². The Hall–Kier alpha value is -0.520.